The van der Waals surface area contributed by atoms with E-state index in [4.69, 9.17) is 0 Å². The van der Waals surface area contributed by atoms with Crippen LogP contribution >= 0.6 is 23.2 Å². The number of hydrogen-bond donors (Lipinski definition) is 0. The first-order valence-corrected chi connectivity index (χ1v) is 4.12. The lowest BCUT2D eigenvalue weighted by atomic mass is 10.7. The van der Waals surface area contributed by atoms with Gasteiger partial charge in [0.15, 0.2) is 0 Å². The standard InChI is InChI=1S/C2Cl2F4O3S/c3-1(5,6)2(4,7)11-12(8,9)10. The van der Waals surface area contributed by atoms with Gasteiger partial charge in [-0.15, -0.1) is 0 Å². The second-order valence-electron chi connectivity index (χ2n) is 1.49. The minimum Gasteiger partial charge on any atom is -0.183 e. The van der Waals surface area contributed by atoms with Crippen molar-refractivity contribution >= 4 is 33.7 Å². The summed E-state index contributed by atoms with van der Waals surface area (Å²) in [6.45, 7) is 0. The van der Waals surface area contributed by atoms with Crippen LogP contribution in [0.2, 0.25) is 0 Å². The van der Waals surface area contributed by atoms with Crippen LogP contribution in [0.3, 0.4) is 0 Å². The van der Waals surface area contributed by atoms with E-state index in [9.17, 15) is 25.5 Å². The Morgan fingerprint density at radius 3 is 1.58 bits per heavy atom. The SMILES string of the molecule is O=S(=O)(F)OC(F)(Cl)C(F)(F)Cl. The molecule has 0 aliphatic carbocycles. The maximum Gasteiger partial charge on any atom is 0.441 e. The molecule has 0 saturated carbocycles. The molecule has 3 nitrogen and oxygen atoms in total. The molecule has 0 saturated heterocycles. The van der Waals surface area contributed by atoms with Crippen LogP contribution in [0, 0.1) is 0 Å². The zero-order valence-electron chi connectivity index (χ0n) is 4.90. The molecule has 74 valence electrons. The fourth-order valence-corrected chi connectivity index (χ4v) is 0.837. The maximum absolute atomic E-state index is 12.1. The Morgan fingerprint density at radius 1 is 1.17 bits per heavy atom. The maximum atomic E-state index is 12.1. The Labute approximate surface area is 74.6 Å². The molecule has 0 aliphatic heterocycles. The van der Waals surface area contributed by atoms with Gasteiger partial charge in [-0.05, 0) is 23.2 Å². The van der Waals surface area contributed by atoms with E-state index in [1.165, 1.54) is 0 Å². The van der Waals surface area contributed by atoms with Crippen molar-refractivity contribution in [3.8, 4) is 0 Å². The van der Waals surface area contributed by atoms with Crippen LogP contribution < -0.4 is 0 Å². The fourth-order valence-electron chi connectivity index (χ4n) is 0.172. The summed E-state index contributed by atoms with van der Waals surface area (Å²) in [6, 6.07) is 0. The molecule has 1 atom stereocenters. The third-order valence-corrected chi connectivity index (χ3v) is 1.71. The van der Waals surface area contributed by atoms with E-state index in [1.807, 2.05) is 0 Å². The molecule has 0 spiro atoms. The minimum atomic E-state index is -5.94. The van der Waals surface area contributed by atoms with E-state index in [-0.39, 0.29) is 0 Å². The number of hydrogen-bond acceptors (Lipinski definition) is 3. The lowest BCUT2D eigenvalue weighted by Crippen LogP contribution is -2.38. The third kappa shape index (κ3) is 3.74. The van der Waals surface area contributed by atoms with Gasteiger partial charge in [0.05, 0.1) is 0 Å². The first kappa shape index (κ1) is 12.2. The predicted octanol–water partition coefficient (Wildman–Crippen LogP) is 1.91. The molecule has 0 aromatic carbocycles. The van der Waals surface area contributed by atoms with Gasteiger partial charge in [-0.1, -0.05) is 3.89 Å². The first-order valence-electron chi connectivity index (χ1n) is 2.05. The van der Waals surface area contributed by atoms with E-state index < -0.39 is 21.2 Å². The molecule has 0 aromatic heterocycles. The molecule has 0 amide bonds. The number of halogens is 6. The van der Waals surface area contributed by atoms with Crippen molar-refractivity contribution in [1.82, 2.24) is 0 Å². The van der Waals surface area contributed by atoms with Crippen molar-refractivity contribution in [3.05, 3.63) is 0 Å². The molecular weight excluding hydrogens is 251 g/mol. The van der Waals surface area contributed by atoms with Gasteiger partial charge in [0.2, 0.25) is 0 Å². The highest BCUT2D eigenvalue weighted by molar-refractivity contribution is 7.81. The van der Waals surface area contributed by atoms with E-state index in [1.54, 1.807) is 0 Å². The number of rotatable bonds is 3. The van der Waals surface area contributed by atoms with E-state index >= 15 is 0 Å². The molecule has 1 unspecified atom stereocenters. The Bertz CT molecular complexity index is 256. The summed E-state index contributed by atoms with van der Waals surface area (Å²) in [5.41, 5.74) is 0. The summed E-state index contributed by atoms with van der Waals surface area (Å²) >= 11 is 8.04. The van der Waals surface area contributed by atoms with Crippen molar-refractivity contribution in [3.63, 3.8) is 0 Å². The average Bonchev–Trinajstić information content (AvgIpc) is 1.52. The van der Waals surface area contributed by atoms with Crippen LogP contribution in [0.5, 0.6) is 0 Å². The van der Waals surface area contributed by atoms with Crippen LogP contribution in [0.25, 0.3) is 0 Å². The summed E-state index contributed by atoms with van der Waals surface area (Å²) in [5, 5.41) is -9.50. The second kappa shape index (κ2) is 3.17. The molecule has 0 N–H and O–H groups in total. The van der Waals surface area contributed by atoms with Gasteiger partial charge in [-0.3, -0.25) is 0 Å². The smallest absolute Gasteiger partial charge is 0.183 e. The highest BCUT2D eigenvalue weighted by Gasteiger charge is 2.57. The van der Waals surface area contributed by atoms with E-state index in [0.29, 0.717) is 0 Å². The van der Waals surface area contributed by atoms with E-state index in [0.717, 1.165) is 0 Å². The molecule has 0 fully saturated rings. The summed E-state index contributed by atoms with van der Waals surface area (Å²) < 4.78 is 68.5. The zero-order chi connectivity index (χ0) is 10.2. The monoisotopic (exact) mass is 250 g/mol. The van der Waals surface area contributed by atoms with Crippen LogP contribution in [0.1, 0.15) is 0 Å². The van der Waals surface area contributed by atoms with Crippen LogP contribution in [-0.4, -0.2) is 19.1 Å². The van der Waals surface area contributed by atoms with Gasteiger partial charge in [-0.25, -0.2) is 0 Å². The normalized spacial score (nSPS) is 18.8. The van der Waals surface area contributed by atoms with Gasteiger partial charge in [0.1, 0.15) is 0 Å². The largest absolute Gasteiger partial charge is 0.441 e. The lowest BCUT2D eigenvalue weighted by Gasteiger charge is -2.19. The first-order chi connectivity index (χ1) is 4.96. The molecule has 0 aromatic rings. The predicted molar refractivity (Wildman–Crippen MR) is 31.6 cm³/mol. The summed E-state index contributed by atoms with van der Waals surface area (Å²) in [5.74, 6) is 0. The Morgan fingerprint density at radius 2 is 1.50 bits per heavy atom. The summed E-state index contributed by atoms with van der Waals surface area (Å²) in [4.78, 5) is 0. The topological polar surface area (TPSA) is 43.4 Å². The van der Waals surface area contributed by atoms with Crippen molar-refractivity contribution in [2.45, 2.75) is 10.7 Å². The van der Waals surface area contributed by atoms with Crippen LogP contribution in [0.4, 0.5) is 17.1 Å². The molecule has 0 aliphatic rings. The Kier molecular flexibility index (Phi) is 3.22. The summed E-state index contributed by atoms with van der Waals surface area (Å²) in [6.07, 6.45) is 0. The highest BCUT2D eigenvalue weighted by atomic mass is 35.5. The van der Waals surface area contributed by atoms with Gasteiger partial charge in [0.25, 0.3) is 0 Å². The molecule has 10 heteroatoms. The molecule has 0 rings (SSSR count). The summed E-state index contributed by atoms with van der Waals surface area (Å²) in [7, 11) is -5.94. The molecule has 0 bridgehead atoms. The van der Waals surface area contributed by atoms with Crippen molar-refractivity contribution in [1.29, 1.82) is 0 Å². The molecule has 0 radical (unpaired) electrons. The fraction of sp³-hybridized carbons (Fsp3) is 1.00. The average molecular weight is 251 g/mol. The second-order valence-corrected chi connectivity index (χ2v) is 3.40. The lowest BCUT2D eigenvalue weighted by molar-refractivity contribution is -0.130. The van der Waals surface area contributed by atoms with Crippen LogP contribution in [0.15, 0.2) is 0 Å². The zero-order valence-corrected chi connectivity index (χ0v) is 7.23. The Hall–Kier alpha value is 0.210. The quantitative estimate of drug-likeness (QED) is 0.437. The molecule has 12 heavy (non-hydrogen) atoms. The third-order valence-electron chi connectivity index (χ3n) is 0.534. The van der Waals surface area contributed by atoms with Gasteiger partial charge >= 0.3 is 21.2 Å². The van der Waals surface area contributed by atoms with Crippen molar-refractivity contribution in [2.24, 2.45) is 0 Å². The van der Waals surface area contributed by atoms with Gasteiger partial charge in [-0.2, -0.15) is 25.8 Å². The van der Waals surface area contributed by atoms with Crippen LogP contribution in [-0.2, 0) is 14.7 Å². The van der Waals surface area contributed by atoms with Gasteiger partial charge < -0.3 is 0 Å². The minimum absolute atomic E-state index is 2.51. The van der Waals surface area contributed by atoms with Crippen molar-refractivity contribution in [2.75, 3.05) is 0 Å². The van der Waals surface area contributed by atoms with Crippen molar-refractivity contribution < 1.29 is 29.7 Å². The van der Waals surface area contributed by atoms with Gasteiger partial charge in [0, 0.05) is 0 Å². The Balaban J connectivity index is 4.67. The number of alkyl halides is 5. The molecule has 0 heterocycles. The molecular formula is C2Cl2F4O3S. The highest BCUT2D eigenvalue weighted by Crippen LogP contribution is 2.41. The van der Waals surface area contributed by atoms with E-state index in [2.05, 4.69) is 27.4 Å².